The van der Waals surface area contributed by atoms with Crippen LogP contribution in [0.2, 0.25) is 5.02 Å². The molecule has 0 bridgehead atoms. The van der Waals surface area contributed by atoms with Crippen LogP contribution in [0.15, 0.2) is 36.4 Å². The average Bonchev–Trinajstić information content (AvgIpc) is 2.47. The number of hydrogen-bond acceptors (Lipinski definition) is 3. The first kappa shape index (κ1) is 15.2. The number of nitrogen functional groups attached to an aromatic ring is 1. The first-order valence-electron chi connectivity index (χ1n) is 6.41. The van der Waals surface area contributed by atoms with Gasteiger partial charge >= 0.3 is 0 Å². The van der Waals surface area contributed by atoms with Crippen molar-refractivity contribution in [2.24, 2.45) is 5.73 Å². The minimum absolute atomic E-state index is 0.00694. The van der Waals surface area contributed by atoms with E-state index in [4.69, 9.17) is 32.2 Å². The molecule has 2 rings (SSSR count). The zero-order chi connectivity index (χ0) is 15.4. The smallest absolute Gasteiger partial charge is 0.138 e. The molecule has 21 heavy (non-hydrogen) atoms. The second-order valence-electron chi connectivity index (χ2n) is 4.66. The van der Waals surface area contributed by atoms with E-state index in [1.54, 1.807) is 31.4 Å². The van der Waals surface area contributed by atoms with Crippen molar-refractivity contribution < 1.29 is 9.47 Å². The Morgan fingerprint density at radius 2 is 1.95 bits per heavy atom. The summed E-state index contributed by atoms with van der Waals surface area (Å²) in [7, 11) is 1.59. The number of hydrogen-bond donors (Lipinski definition) is 2. The van der Waals surface area contributed by atoms with Gasteiger partial charge in [0.15, 0.2) is 0 Å². The van der Waals surface area contributed by atoms with Gasteiger partial charge in [-0.3, -0.25) is 5.41 Å². The molecule has 0 unspecified atom stereocenters. The zero-order valence-electron chi connectivity index (χ0n) is 11.9. The summed E-state index contributed by atoms with van der Waals surface area (Å²) in [5.41, 5.74) is 8.01. The van der Waals surface area contributed by atoms with Crippen molar-refractivity contribution in [2.75, 3.05) is 7.11 Å². The molecule has 2 aromatic rings. The van der Waals surface area contributed by atoms with Gasteiger partial charge in [-0.1, -0.05) is 17.7 Å². The Labute approximate surface area is 129 Å². The van der Waals surface area contributed by atoms with Crippen LogP contribution in [0, 0.1) is 12.3 Å². The van der Waals surface area contributed by atoms with E-state index >= 15 is 0 Å². The predicted octanol–water partition coefficient (Wildman–Crippen LogP) is 3.52. The number of benzene rings is 2. The van der Waals surface area contributed by atoms with Crippen LogP contribution in [0.3, 0.4) is 0 Å². The lowest BCUT2D eigenvalue weighted by Gasteiger charge is -2.13. The number of amidine groups is 1. The first-order valence-corrected chi connectivity index (χ1v) is 6.79. The first-order chi connectivity index (χ1) is 10.0. The van der Waals surface area contributed by atoms with Crippen LogP contribution in [-0.4, -0.2) is 12.9 Å². The monoisotopic (exact) mass is 304 g/mol. The van der Waals surface area contributed by atoms with E-state index in [1.807, 2.05) is 19.1 Å². The second kappa shape index (κ2) is 6.50. The third-order valence-electron chi connectivity index (χ3n) is 3.06. The fraction of sp³-hybridized carbons (Fsp3) is 0.188. The summed E-state index contributed by atoms with van der Waals surface area (Å²) in [4.78, 5) is 0. The Morgan fingerprint density at radius 1 is 1.19 bits per heavy atom. The number of nitrogens with two attached hydrogens (primary N) is 1. The van der Waals surface area contributed by atoms with Gasteiger partial charge in [-0.15, -0.1) is 0 Å². The molecule has 2 aromatic carbocycles. The van der Waals surface area contributed by atoms with E-state index in [9.17, 15) is 0 Å². The molecule has 0 aliphatic heterocycles. The maximum Gasteiger partial charge on any atom is 0.138 e. The van der Waals surface area contributed by atoms with Crippen LogP contribution in [0.25, 0.3) is 0 Å². The lowest BCUT2D eigenvalue weighted by Crippen LogP contribution is -2.12. The molecule has 0 aliphatic carbocycles. The largest absolute Gasteiger partial charge is 0.496 e. The molecule has 0 spiro atoms. The van der Waals surface area contributed by atoms with Crippen LogP contribution in [-0.2, 0) is 6.61 Å². The van der Waals surface area contributed by atoms with Gasteiger partial charge in [-0.05, 0) is 42.8 Å². The molecule has 0 aliphatic rings. The number of halogens is 1. The molecular formula is C16H17ClN2O2. The third-order valence-corrected chi connectivity index (χ3v) is 3.37. The summed E-state index contributed by atoms with van der Waals surface area (Å²) in [6.45, 7) is 2.26. The van der Waals surface area contributed by atoms with Gasteiger partial charge in [-0.2, -0.15) is 0 Å². The van der Waals surface area contributed by atoms with Crippen molar-refractivity contribution in [3.05, 3.63) is 58.1 Å². The average molecular weight is 305 g/mol. The fourth-order valence-electron chi connectivity index (χ4n) is 1.94. The van der Waals surface area contributed by atoms with E-state index in [0.717, 1.165) is 11.1 Å². The summed E-state index contributed by atoms with van der Waals surface area (Å²) >= 11 is 6.11. The molecule has 0 atom stereocenters. The van der Waals surface area contributed by atoms with E-state index in [0.29, 0.717) is 22.1 Å². The molecule has 0 aromatic heterocycles. The summed E-state index contributed by atoms with van der Waals surface area (Å²) in [5.74, 6) is 1.31. The Hall–Kier alpha value is -2.20. The maximum atomic E-state index is 7.49. The van der Waals surface area contributed by atoms with E-state index in [-0.39, 0.29) is 12.4 Å². The van der Waals surface area contributed by atoms with Crippen LogP contribution >= 0.6 is 11.6 Å². The third kappa shape index (κ3) is 3.67. The van der Waals surface area contributed by atoms with Gasteiger partial charge < -0.3 is 15.2 Å². The molecule has 0 saturated carbocycles. The normalized spacial score (nSPS) is 10.2. The minimum Gasteiger partial charge on any atom is -0.496 e. The van der Waals surface area contributed by atoms with Gasteiger partial charge in [0.05, 0.1) is 12.1 Å². The molecule has 0 fully saturated rings. The predicted molar refractivity (Wildman–Crippen MR) is 84.5 cm³/mol. The SMILES string of the molecule is COc1ccc(C(=N)N)cc1COc1cc(C)ccc1Cl. The summed E-state index contributed by atoms with van der Waals surface area (Å²) in [6.07, 6.45) is 0. The topological polar surface area (TPSA) is 68.3 Å². The molecule has 0 radical (unpaired) electrons. The highest BCUT2D eigenvalue weighted by molar-refractivity contribution is 6.32. The van der Waals surface area contributed by atoms with Crippen molar-refractivity contribution in [1.82, 2.24) is 0 Å². The number of nitrogens with one attached hydrogen (secondary N) is 1. The fourth-order valence-corrected chi connectivity index (χ4v) is 2.11. The van der Waals surface area contributed by atoms with Crippen molar-refractivity contribution in [3.63, 3.8) is 0 Å². The Balaban J connectivity index is 2.24. The molecular weight excluding hydrogens is 288 g/mol. The Morgan fingerprint density at radius 3 is 2.62 bits per heavy atom. The highest BCUT2D eigenvalue weighted by Gasteiger charge is 2.09. The van der Waals surface area contributed by atoms with Gasteiger partial charge in [0, 0.05) is 11.1 Å². The van der Waals surface area contributed by atoms with E-state index in [2.05, 4.69) is 0 Å². The van der Waals surface area contributed by atoms with Gasteiger partial charge in [0.25, 0.3) is 0 Å². The van der Waals surface area contributed by atoms with Crippen molar-refractivity contribution in [1.29, 1.82) is 5.41 Å². The molecule has 3 N–H and O–H groups in total. The Kier molecular flexibility index (Phi) is 4.70. The van der Waals surface area contributed by atoms with Gasteiger partial charge in [0.2, 0.25) is 0 Å². The second-order valence-corrected chi connectivity index (χ2v) is 5.07. The quantitative estimate of drug-likeness (QED) is 0.656. The van der Waals surface area contributed by atoms with Crippen molar-refractivity contribution in [3.8, 4) is 11.5 Å². The lowest BCUT2D eigenvalue weighted by molar-refractivity contribution is 0.296. The highest BCUT2D eigenvalue weighted by Crippen LogP contribution is 2.28. The zero-order valence-corrected chi connectivity index (χ0v) is 12.7. The van der Waals surface area contributed by atoms with Crippen molar-refractivity contribution >= 4 is 17.4 Å². The minimum atomic E-state index is 0.00694. The molecule has 0 amide bonds. The maximum absolute atomic E-state index is 7.49. The number of aryl methyl sites for hydroxylation is 1. The van der Waals surface area contributed by atoms with Gasteiger partial charge in [0.1, 0.15) is 23.9 Å². The van der Waals surface area contributed by atoms with Crippen LogP contribution in [0.4, 0.5) is 0 Å². The number of rotatable bonds is 5. The van der Waals surface area contributed by atoms with Crippen molar-refractivity contribution in [2.45, 2.75) is 13.5 Å². The van der Waals surface area contributed by atoms with Crippen LogP contribution in [0.1, 0.15) is 16.7 Å². The lowest BCUT2D eigenvalue weighted by atomic mass is 10.1. The van der Waals surface area contributed by atoms with E-state index in [1.165, 1.54) is 0 Å². The molecule has 110 valence electrons. The standard InChI is InChI=1S/C16H17ClN2O2/c1-10-3-5-13(17)15(7-10)21-9-12-8-11(16(18)19)4-6-14(12)20-2/h3-8H,9H2,1-2H3,(H3,18,19). The van der Waals surface area contributed by atoms with Crippen LogP contribution < -0.4 is 15.2 Å². The molecule has 0 saturated heterocycles. The Bertz CT molecular complexity index is 671. The summed E-state index contributed by atoms with van der Waals surface area (Å²) in [6, 6.07) is 10.9. The molecule has 0 heterocycles. The molecule has 5 heteroatoms. The molecule has 4 nitrogen and oxygen atoms in total. The van der Waals surface area contributed by atoms with E-state index < -0.39 is 0 Å². The highest BCUT2D eigenvalue weighted by atomic mass is 35.5. The van der Waals surface area contributed by atoms with Gasteiger partial charge in [-0.25, -0.2) is 0 Å². The number of methoxy groups -OCH3 is 1. The summed E-state index contributed by atoms with van der Waals surface area (Å²) < 4.78 is 11.1. The van der Waals surface area contributed by atoms with Crippen LogP contribution in [0.5, 0.6) is 11.5 Å². The number of ether oxygens (including phenoxy) is 2. The summed E-state index contributed by atoms with van der Waals surface area (Å²) in [5, 5.41) is 8.05.